The number of thiophene rings is 4. The summed E-state index contributed by atoms with van der Waals surface area (Å²) < 4.78 is 16.5. The van der Waals surface area contributed by atoms with Gasteiger partial charge < -0.3 is 9.47 Å². The summed E-state index contributed by atoms with van der Waals surface area (Å²) >= 11 is 6.32. The van der Waals surface area contributed by atoms with Crippen LogP contribution in [0.1, 0.15) is 354 Å². The van der Waals surface area contributed by atoms with Crippen molar-refractivity contribution in [2.75, 3.05) is 26.3 Å². The summed E-state index contributed by atoms with van der Waals surface area (Å²) in [5, 5.41) is 5.80. The third-order valence-corrected chi connectivity index (χ3v) is 24.6. The number of unbranched alkanes of at least 4 members (excludes halogenated alkanes) is 26. The van der Waals surface area contributed by atoms with E-state index in [2.05, 4.69) is 67.5 Å². The zero-order valence-electron chi connectivity index (χ0n) is 57.7. The Kier molecular flexibility index (Phi) is 33.3. The Morgan fingerprint density at radius 3 is 0.944 bits per heavy atom. The molecule has 0 bridgehead atoms. The SMILES string of the molecule is CCCCCCCCCCC(CCCCCCCC)CN1C(=O)c2csc(-c3cc4c(OCC(CC)CCCC)c5sc(-c6scc7c6C(=O)N(CC(CCCCCCCC)CCCCCCCCCC)C7=O)cc5c(OCC(CC)CCCC)c4s3)c2C1=O. The van der Waals surface area contributed by atoms with Gasteiger partial charge in [-0.05, 0) is 74.3 Å². The van der Waals surface area contributed by atoms with Crippen LogP contribution in [0.3, 0.4) is 0 Å². The van der Waals surface area contributed by atoms with Crippen molar-refractivity contribution in [3.05, 3.63) is 45.1 Å². The minimum atomic E-state index is -0.151. The van der Waals surface area contributed by atoms with Crippen LogP contribution in [-0.2, 0) is 0 Å². The molecule has 4 aromatic heterocycles. The molecule has 0 aliphatic carbocycles. The van der Waals surface area contributed by atoms with Gasteiger partial charge in [-0.3, -0.25) is 29.0 Å². The molecular weight excluding hydrogens is 1190 g/mol. The van der Waals surface area contributed by atoms with Crippen molar-refractivity contribution in [2.24, 2.45) is 23.7 Å². The van der Waals surface area contributed by atoms with Crippen molar-refractivity contribution in [2.45, 2.75) is 312 Å². The van der Waals surface area contributed by atoms with E-state index in [9.17, 15) is 19.2 Å². The Bertz CT molecular complexity index is 2680. The Morgan fingerprint density at radius 1 is 0.356 bits per heavy atom. The third-order valence-electron chi connectivity index (χ3n) is 20.0. The Morgan fingerprint density at radius 2 is 0.644 bits per heavy atom. The molecule has 0 spiro atoms. The molecule has 502 valence electrons. The van der Waals surface area contributed by atoms with Gasteiger partial charge in [0.25, 0.3) is 23.6 Å². The lowest BCUT2D eigenvalue weighted by atomic mass is 9.93. The summed E-state index contributed by atoms with van der Waals surface area (Å²) in [6, 6.07) is 4.44. The van der Waals surface area contributed by atoms with E-state index >= 15 is 0 Å². The zero-order valence-corrected chi connectivity index (χ0v) is 61.0. The van der Waals surface area contributed by atoms with Gasteiger partial charge in [0.1, 0.15) is 11.5 Å². The number of hydrogen-bond donors (Lipinski definition) is 0. The van der Waals surface area contributed by atoms with Crippen molar-refractivity contribution in [3.63, 3.8) is 0 Å². The second kappa shape index (κ2) is 40.6. The number of hydrogen-bond acceptors (Lipinski definition) is 10. The molecule has 5 aromatic rings. The molecule has 4 unspecified atom stereocenters. The molecule has 12 heteroatoms. The highest BCUT2D eigenvalue weighted by molar-refractivity contribution is 7.28. The average molecular weight is 1310 g/mol. The Hall–Kier alpha value is -3.58. The topological polar surface area (TPSA) is 93.2 Å². The average Bonchev–Trinajstić information content (AvgIpc) is 1.58. The first-order valence-corrected chi connectivity index (χ1v) is 40.7. The van der Waals surface area contributed by atoms with Gasteiger partial charge in [0.05, 0.1) is 54.6 Å². The van der Waals surface area contributed by atoms with Crippen LogP contribution < -0.4 is 9.47 Å². The first kappa shape index (κ1) is 73.8. The number of fused-ring (bicyclic) bond motifs is 4. The molecule has 8 nitrogen and oxygen atoms in total. The van der Waals surface area contributed by atoms with Crippen LogP contribution in [0.15, 0.2) is 22.9 Å². The van der Waals surface area contributed by atoms with Gasteiger partial charge in [0.15, 0.2) is 0 Å². The maximum atomic E-state index is 15.0. The van der Waals surface area contributed by atoms with E-state index in [1.54, 1.807) is 32.5 Å². The summed E-state index contributed by atoms with van der Waals surface area (Å²) in [5.74, 6) is 2.37. The molecule has 0 saturated carbocycles. The molecule has 1 aromatic carbocycles. The molecule has 0 radical (unpaired) electrons. The molecule has 90 heavy (non-hydrogen) atoms. The number of amides is 4. The Labute approximate surface area is 562 Å². The largest absolute Gasteiger partial charge is 0.491 e. The van der Waals surface area contributed by atoms with E-state index in [-0.39, 0.29) is 23.6 Å². The number of imide groups is 2. The van der Waals surface area contributed by atoms with Crippen LogP contribution in [-0.4, -0.2) is 59.7 Å². The molecule has 0 fully saturated rings. The molecule has 2 aliphatic heterocycles. The fourth-order valence-electron chi connectivity index (χ4n) is 14.0. The van der Waals surface area contributed by atoms with Crippen molar-refractivity contribution >= 4 is 89.1 Å². The lowest BCUT2D eigenvalue weighted by molar-refractivity contribution is 0.0607. The summed E-state index contributed by atoms with van der Waals surface area (Å²) in [6.45, 7) is 20.2. The maximum Gasteiger partial charge on any atom is 0.263 e. The van der Waals surface area contributed by atoms with Crippen LogP contribution in [0.25, 0.3) is 39.7 Å². The van der Waals surface area contributed by atoms with Crippen LogP contribution in [0.5, 0.6) is 11.5 Å². The molecular formula is C78H120N2O6S4. The second-order valence-corrected chi connectivity index (χ2v) is 31.2. The van der Waals surface area contributed by atoms with E-state index < -0.39 is 0 Å². The number of carbonyl (C=O) groups excluding carboxylic acids is 4. The van der Waals surface area contributed by atoms with E-state index in [1.165, 1.54) is 177 Å². The lowest BCUT2D eigenvalue weighted by Gasteiger charge is -2.23. The van der Waals surface area contributed by atoms with Crippen LogP contribution >= 0.6 is 45.3 Å². The van der Waals surface area contributed by atoms with E-state index in [0.717, 1.165) is 154 Å². The minimum absolute atomic E-state index is 0.144. The number of ether oxygens (including phenoxy) is 2. The number of rotatable bonds is 52. The van der Waals surface area contributed by atoms with Crippen LogP contribution in [0.2, 0.25) is 0 Å². The van der Waals surface area contributed by atoms with Gasteiger partial charge in [-0.25, -0.2) is 0 Å². The van der Waals surface area contributed by atoms with Gasteiger partial charge in [-0.1, -0.05) is 274 Å². The first-order chi connectivity index (χ1) is 44.1. The highest BCUT2D eigenvalue weighted by Gasteiger charge is 2.42. The van der Waals surface area contributed by atoms with E-state index in [1.807, 2.05) is 10.8 Å². The fraction of sp³-hybridized carbons (Fsp3) is 0.718. The fourth-order valence-corrected chi connectivity index (χ4v) is 18.7. The van der Waals surface area contributed by atoms with Gasteiger partial charge in [-0.2, -0.15) is 0 Å². The summed E-state index contributed by atoms with van der Waals surface area (Å²) in [7, 11) is 0. The van der Waals surface area contributed by atoms with Gasteiger partial charge >= 0.3 is 0 Å². The third kappa shape index (κ3) is 20.7. The van der Waals surface area contributed by atoms with E-state index in [0.29, 0.717) is 72.2 Å². The standard InChI is InChI=1S/C78H120N2O6S4/c1-9-17-23-27-31-33-37-41-47-59(45-39-35-29-25-19-11-3)51-79-75(81)63-55-87-73(67(63)77(79)83)65-49-61-69(85-53-57(15-7)43-21-13-5)72-62(70(71(61)89-65)86-54-58(16-8)44-22-14-6)50-66(90-72)74-68-64(56-88-74)76(82)80(78(68)84)52-60(46-40-36-30-26-20-12-4)48-42-38-34-32-28-24-18-10-2/h49-50,55-60H,9-48,51-54H2,1-8H3. The van der Waals surface area contributed by atoms with Gasteiger partial charge in [0.2, 0.25) is 0 Å². The molecule has 2 aliphatic rings. The highest BCUT2D eigenvalue weighted by Crippen LogP contribution is 2.55. The Balaban J connectivity index is 1.22. The molecule has 6 heterocycles. The van der Waals surface area contributed by atoms with Gasteiger partial charge in [-0.15, -0.1) is 45.3 Å². The second-order valence-electron chi connectivity index (χ2n) is 27.3. The smallest absolute Gasteiger partial charge is 0.263 e. The summed E-state index contributed by atoms with van der Waals surface area (Å²) in [4.78, 5) is 65.9. The summed E-state index contributed by atoms with van der Waals surface area (Å²) in [6.07, 6.45) is 48.0. The van der Waals surface area contributed by atoms with Crippen molar-refractivity contribution < 1.29 is 28.7 Å². The minimum Gasteiger partial charge on any atom is -0.491 e. The van der Waals surface area contributed by atoms with Crippen LogP contribution in [0.4, 0.5) is 0 Å². The summed E-state index contributed by atoms with van der Waals surface area (Å²) in [5.41, 5.74) is 2.18. The number of benzene rings is 1. The van der Waals surface area contributed by atoms with E-state index in [4.69, 9.17) is 9.47 Å². The molecule has 0 saturated heterocycles. The predicted molar refractivity (Wildman–Crippen MR) is 390 cm³/mol. The molecule has 7 rings (SSSR count). The monoisotopic (exact) mass is 1310 g/mol. The number of carbonyl (C=O) groups is 4. The maximum absolute atomic E-state index is 15.0. The molecule has 4 atom stereocenters. The first-order valence-electron chi connectivity index (χ1n) is 37.3. The van der Waals surface area contributed by atoms with Crippen molar-refractivity contribution in [1.29, 1.82) is 0 Å². The van der Waals surface area contributed by atoms with Crippen molar-refractivity contribution in [3.8, 4) is 31.0 Å². The highest BCUT2D eigenvalue weighted by atomic mass is 32.1. The van der Waals surface area contributed by atoms with Gasteiger partial charge in [0, 0.05) is 44.4 Å². The molecule has 0 N–H and O–H groups in total. The van der Waals surface area contributed by atoms with Crippen LogP contribution in [0, 0.1) is 23.7 Å². The quantitative estimate of drug-likeness (QED) is 0.0284. The lowest BCUT2D eigenvalue weighted by Crippen LogP contribution is -2.35. The van der Waals surface area contributed by atoms with Crippen molar-refractivity contribution in [1.82, 2.24) is 9.80 Å². The zero-order chi connectivity index (χ0) is 64.0. The predicted octanol–water partition coefficient (Wildman–Crippen LogP) is 25.8. The molecule has 4 amide bonds. The number of nitrogens with zero attached hydrogens (tertiary/aromatic N) is 2. The normalized spacial score (nSPS) is 14.7.